The Bertz CT molecular complexity index is 924. The van der Waals surface area contributed by atoms with Crippen molar-refractivity contribution in [1.82, 2.24) is 5.32 Å². The molecule has 3 aromatic carbocycles. The monoisotopic (exact) mass is 375 g/mol. The number of amides is 1. The Kier molecular flexibility index (Phi) is 5.67. The minimum absolute atomic E-state index is 0.169. The topological polar surface area (TPSA) is 38.3 Å². The van der Waals surface area contributed by atoms with Crippen LogP contribution in [0, 0.1) is 0 Å². The van der Waals surface area contributed by atoms with Gasteiger partial charge in [0.2, 0.25) is 0 Å². The Labute approximate surface area is 165 Å². The number of hydrogen-bond acceptors (Lipinski definition) is 3. The van der Waals surface area contributed by atoms with Crippen LogP contribution in [0.5, 0.6) is 5.75 Å². The lowest BCUT2D eigenvalue weighted by atomic mass is 9.84. The van der Waals surface area contributed by atoms with E-state index in [2.05, 4.69) is 5.32 Å². The second-order valence-electron chi connectivity index (χ2n) is 6.37. The average molecular weight is 375 g/mol. The summed E-state index contributed by atoms with van der Waals surface area (Å²) in [6, 6.07) is 26.5. The minimum atomic E-state index is -0.835. The highest BCUT2D eigenvalue weighted by atomic mass is 32.1. The molecule has 0 aromatic heterocycles. The van der Waals surface area contributed by atoms with Crippen molar-refractivity contribution in [2.75, 3.05) is 7.11 Å². The smallest absolute Gasteiger partial charge is 0.252 e. The fourth-order valence-corrected chi connectivity index (χ4v) is 3.26. The third-order valence-electron chi connectivity index (χ3n) is 4.56. The van der Waals surface area contributed by atoms with Crippen LogP contribution < -0.4 is 10.1 Å². The molecular formula is C23H21NO2S. The predicted octanol–water partition coefficient (Wildman–Crippen LogP) is 4.76. The summed E-state index contributed by atoms with van der Waals surface area (Å²) in [4.78, 5) is 13.5. The summed E-state index contributed by atoms with van der Waals surface area (Å²) in [5.41, 5.74) is 1.55. The van der Waals surface area contributed by atoms with Crippen molar-refractivity contribution in [1.29, 1.82) is 0 Å². The third-order valence-corrected chi connectivity index (χ3v) is 5.20. The average Bonchev–Trinajstić information content (AvgIpc) is 2.74. The van der Waals surface area contributed by atoms with Crippen LogP contribution >= 0.6 is 12.2 Å². The molecule has 0 spiro atoms. The van der Waals surface area contributed by atoms with Gasteiger partial charge < -0.3 is 10.1 Å². The van der Waals surface area contributed by atoms with Crippen molar-refractivity contribution in [2.24, 2.45) is 0 Å². The van der Waals surface area contributed by atoms with E-state index in [4.69, 9.17) is 17.0 Å². The highest BCUT2D eigenvalue weighted by Crippen LogP contribution is 2.28. The molecule has 0 saturated heterocycles. The molecule has 0 saturated carbocycles. The predicted molar refractivity (Wildman–Crippen MR) is 112 cm³/mol. The highest BCUT2D eigenvalue weighted by Gasteiger charge is 2.34. The van der Waals surface area contributed by atoms with E-state index in [0.717, 1.165) is 16.9 Å². The van der Waals surface area contributed by atoms with Crippen molar-refractivity contribution in [2.45, 2.75) is 12.5 Å². The molecule has 4 heteroatoms. The molecule has 0 aliphatic heterocycles. The van der Waals surface area contributed by atoms with E-state index >= 15 is 0 Å². The van der Waals surface area contributed by atoms with Gasteiger partial charge in [0.05, 0.1) is 17.5 Å². The molecule has 136 valence electrons. The number of methoxy groups -OCH3 is 1. The van der Waals surface area contributed by atoms with Gasteiger partial charge in [0.15, 0.2) is 0 Å². The highest BCUT2D eigenvalue weighted by molar-refractivity contribution is 7.81. The summed E-state index contributed by atoms with van der Waals surface area (Å²) < 4.78 is 5.23. The van der Waals surface area contributed by atoms with Crippen molar-refractivity contribution in [3.63, 3.8) is 0 Å². The van der Waals surface area contributed by atoms with Gasteiger partial charge in [0.1, 0.15) is 5.75 Å². The van der Waals surface area contributed by atoms with E-state index in [1.807, 2.05) is 79.7 Å². The molecule has 1 N–H and O–H groups in total. The lowest BCUT2D eigenvalue weighted by Gasteiger charge is -2.32. The van der Waals surface area contributed by atoms with E-state index < -0.39 is 5.54 Å². The molecule has 3 aromatic rings. The normalized spacial score (nSPS) is 12.7. The van der Waals surface area contributed by atoms with Gasteiger partial charge >= 0.3 is 0 Å². The lowest BCUT2D eigenvalue weighted by molar-refractivity contribution is 0.0927. The van der Waals surface area contributed by atoms with Gasteiger partial charge in [0.25, 0.3) is 5.91 Å². The molecule has 1 amide bonds. The van der Waals surface area contributed by atoms with Crippen molar-refractivity contribution in [3.05, 3.63) is 102 Å². The minimum Gasteiger partial charge on any atom is -0.497 e. The van der Waals surface area contributed by atoms with E-state index in [-0.39, 0.29) is 5.91 Å². The Morgan fingerprint density at radius 2 is 1.41 bits per heavy atom. The van der Waals surface area contributed by atoms with Crippen LogP contribution in [0.2, 0.25) is 0 Å². The zero-order valence-electron chi connectivity index (χ0n) is 15.3. The Hall–Kier alpha value is -2.98. The van der Waals surface area contributed by atoms with Gasteiger partial charge in [0, 0.05) is 5.56 Å². The summed E-state index contributed by atoms with van der Waals surface area (Å²) in [7, 11) is 1.63. The molecule has 3 nitrogen and oxygen atoms in total. The van der Waals surface area contributed by atoms with Crippen LogP contribution in [0.25, 0.3) is 0 Å². The summed E-state index contributed by atoms with van der Waals surface area (Å²) in [5, 5.41) is 3.14. The number of rotatable bonds is 6. The zero-order valence-corrected chi connectivity index (χ0v) is 16.1. The second-order valence-corrected chi connectivity index (χ2v) is 6.78. The van der Waals surface area contributed by atoms with E-state index in [1.165, 1.54) is 0 Å². The van der Waals surface area contributed by atoms with Crippen molar-refractivity contribution < 1.29 is 9.53 Å². The summed E-state index contributed by atoms with van der Waals surface area (Å²) in [5.74, 6) is 0.592. The summed E-state index contributed by atoms with van der Waals surface area (Å²) in [6.07, 6.45) is 0. The summed E-state index contributed by atoms with van der Waals surface area (Å²) in [6.45, 7) is 1.94. The quantitative estimate of drug-likeness (QED) is 0.499. The molecule has 1 atom stereocenters. The molecule has 27 heavy (non-hydrogen) atoms. The second kappa shape index (κ2) is 8.14. The number of benzene rings is 3. The Balaban J connectivity index is 1.99. The zero-order chi connectivity index (χ0) is 19.3. The van der Waals surface area contributed by atoms with E-state index in [0.29, 0.717) is 10.4 Å². The van der Waals surface area contributed by atoms with Gasteiger partial charge in [-0.05, 0) is 42.3 Å². The first-order chi connectivity index (χ1) is 13.0. The molecule has 0 fully saturated rings. The van der Waals surface area contributed by atoms with E-state index in [1.54, 1.807) is 19.2 Å². The van der Waals surface area contributed by atoms with Gasteiger partial charge in [-0.25, -0.2) is 0 Å². The first-order valence-corrected chi connectivity index (χ1v) is 9.07. The fourth-order valence-electron chi connectivity index (χ4n) is 2.95. The number of ether oxygens (including phenoxy) is 1. The van der Waals surface area contributed by atoms with Gasteiger partial charge in [-0.3, -0.25) is 4.79 Å². The Morgan fingerprint density at radius 1 is 0.852 bits per heavy atom. The van der Waals surface area contributed by atoms with Crippen LogP contribution in [-0.2, 0) is 5.54 Å². The van der Waals surface area contributed by atoms with Crippen LogP contribution in [0.15, 0.2) is 84.9 Å². The molecule has 0 aliphatic carbocycles. The molecule has 0 aliphatic rings. The van der Waals surface area contributed by atoms with Crippen LogP contribution in [-0.4, -0.2) is 17.9 Å². The van der Waals surface area contributed by atoms with Crippen LogP contribution in [0.3, 0.4) is 0 Å². The first kappa shape index (κ1) is 18.8. The molecule has 0 unspecified atom stereocenters. The molecule has 3 rings (SSSR count). The SMILES string of the molecule is COc1ccc(C(=S)[C@](C)(NC(=O)c2ccccc2)c2ccccc2)cc1. The summed E-state index contributed by atoms with van der Waals surface area (Å²) >= 11 is 5.83. The molecule has 0 bridgehead atoms. The number of thiocarbonyl (C=S) groups is 1. The van der Waals surface area contributed by atoms with Gasteiger partial charge in [-0.2, -0.15) is 0 Å². The number of carbonyl (C=O) groups excluding carboxylic acids is 1. The largest absolute Gasteiger partial charge is 0.497 e. The van der Waals surface area contributed by atoms with Gasteiger partial charge in [-0.15, -0.1) is 0 Å². The number of nitrogens with one attached hydrogen (secondary N) is 1. The fraction of sp³-hybridized carbons (Fsp3) is 0.130. The molecular weight excluding hydrogens is 354 g/mol. The third kappa shape index (κ3) is 4.07. The van der Waals surface area contributed by atoms with Crippen LogP contribution in [0.4, 0.5) is 0 Å². The number of hydrogen-bond donors (Lipinski definition) is 1. The Morgan fingerprint density at radius 3 is 1.96 bits per heavy atom. The van der Waals surface area contributed by atoms with Gasteiger partial charge in [-0.1, -0.05) is 72.9 Å². The van der Waals surface area contributed by atoms with Crippen molar-refractivity contribution >= 4 is 23.0 Å². The maximum Gasteiger partial charge on any atom is 0.252 e. The van der Waals surface area contributed by atoms with E-state index in [9.17, 15) is 4.79 Å². The first-order valence-electron chi connectivity index (χ1n) is 8.66. The lowest BCUT2D eigenvalue weighted by Crippen LogP contribution is -2.49. The van der Waals surface area contributed by atoms with Crippen molar-refractivity contribution in [3.8, 4) is 5.75 Å². The van der Waals surface area contributed by atoms with Crippen LogP contribution in [0.1, 0.15) is 28.4 Å². The maximum atomic E-state index is 12.9. The standard InChI is InChI=1S/C23H21NO2S/c1-23(19-11-7-4-8-12-19,24-22(25)18-9-5-3-6-10-18)21(27)17-13-15-20(26-2)16-14-17/h3-16H,1-2H3,(H,24,25)/t23-/m1/s1. The number of carbonyl (C=O) groups is 1. The molecule has 0 radical (unpaired) electrons. The molecule has 0 heterocycles. The maximum absolute atomic E-state index is 12.9.